The van der Waals surface area contributed by atoms with Crippen LogP contribution in [0, 0.1) is 0 Å². The minimum Gasteiger partial charge on any atom is -0.406 e. The number of hydrogen-bond acceptors (Lipinski definition) is 8. The Kier molecular flexibility index (Phi) is 6.81. The van der Waals surface area contributed by atoms with Gasteiger partial charge in [0.1, 0.15) is 17.1 Å². The molecule has 1 aliphatic rings. The van der Waals surface area contributed by atoms with Gasteiger partial charge in [0.2, 0.25) is 0 Å². The molecule has 0 bridgehead atoms. The molecule has 4 rings (SSSR count). The summed E-state index contributed by atoms with van der Waals surface area (Å²) in [4.78, 5) is 25.3. The van der Waals surface area contributed by atoms with Gasteiger partial charge in [-0.2, -0.15) is 0 Å². The van der Waals surface area contributed by atoms with Crippen LogP contribution in [0.4, 0.5) is 34.6 Å². The maximum absolute atomic E-state index is 13.1. The number of morpholine rings is 1. The molecule has 2 amide bonds. The van der Waals surface area contributed by atoms with E-state index < -0.39 is 12.4 Å². The van der Waals surface area contributed by atoms with Crippen LogP contribution in [-0.2, 0) is 4.74 Å². The van der Waals surface area contributed by atoms with Crippen molar-refractivity contribution in [2.75, 3.05) is 55.3 Å². The first-order valence-electron chi connectivity index (χ1n) is 10.0. The summed E-state index contributed by atoms with van der Waals surface area (Å²) >= 11 is 1.29. The number of urea groups is 1. The summed E-state index contributed by atoms with van der Waals surface area (Å²) in [6.07, 6.45) is -3.23. The number of carbonyl (C=O) groups is 1. The highest BCUT2D eigenvalue weighted by Crippen LogP contribution is 2.27. The van der Waals surface area contributed by atoms with Crippen molar-refractivity contribution in [3.8, 4) is 5.75 Å². The molecule has 3 aromatic rings. The second-order valence-electron chi connectivity index (χ2n) is 7.17. The van der Waals surface area contributed by atoms with Crippen molar-refractivity contribution >= 4 is 44.2 Å². The van der Waals surface area contributed by atoms with Crippen LogP contribution in [0.3, 0.4) is 0 Å². The summed E-state index contributed by atoms with van der Waals surface area (Å²) in [5, 5.41) is 3.10. The van der Waals surface area contributed by atoms with Crippen molar-refractivity contribution in [1.82, 2.24) is 14.9 Å². The van der Waals surface area contributed by atoms with Gasteiger partial charge >= 0.3 is 12.4 Å². The number of alkyl halides is 3. The molecule has 176 valence electrons. The fraction of sp³-hybridized carbons (Fsp3) is 0.350. The Labute approximate surface area is 190 Å². The normalized spacial score (nSPS) is 14.9. The number of nitrogens with two attached hydrogens (primary N) is 1. The van der Waals surface area contributed by atoms with Gasteiger partial charge in [0.05, 0.1) is 24.1 Å². The van der Waals surface area contributed by atoms with E-state index in [0.717, 1.165) is 29.9 Å². The van der Waals surface area contributed by atoms with E-state index in [1.165, 1.54) is 28.4 Å². The smallest absolute Gasteiger partial charge is 0.406 e. The maximum Gasteiger partial charge on any atom is 0.573 e. The predicted molar refractivity (Wildman–Crippen MR) is 119 cm³/mol. The number of hydrogen-bond donors (Lipinski definition) is 2. The molecule has 2 aromatic heterocycles. The van der Waals surface area contributed by atoms with Gasteiger partial charge in [-0.25, -0.2) is 14.8 Å². The van der Waals surface area contributed by atoms with E-state index in [2.05, 4.69) is 24.9 Å². The lowest BCUT2D eigenvalue weighted by Crippen LogP contribution is -2.44. The molecule has 1 fully saturated rings. The third kappa shape index (κ3) is 6.21. The van der Waals surface area contributed by atoms with Crippen molar-refractivity contribution < 1.29 is 27.4 Å². The quantitative estimate of drug-likeness (QED) is 0.554. The number of rotatable bonds is 6. The van der Waals surface area contributed by atoms with Crippen LogP contribution in [0.15, 0.2) is 36.5 Å². The second kappa shape index (κ2) is 9.77. The third-order valence-electron chi connectivity index (χ3n) is 4.88. The Morgan fingerprint density at radius 3 is 2.70 bits per heavy atom. The zero-order valence-electron chi connectivity index (χ0n) is 17.3. The molecule has 0 unspecified atom stereocenters. The SMILES string of the molecule is Nc1nc2cnc(N(CCN3CCOCC3)C(=O)Nc3ccc(OC(F)(F)F)cc3)cc2s1. The molecular weight excluding hydrogens is 461 g/mol. The van der Waals surface area contributed by atoms with E-state index in [0.29, 0.717) is 48.5 Å². The number of amides is 2. The van der Waals surface area contributed by atoms with Gasteiger partial charge in [-0.05, 0) is 24.3 Å². The van der Waals surface area contributed by atoms with Gasteiger partial charge < -0.3 is 20.5 Å². The number of pyridine rings is 1. The van der Waals surface area contributed by atoms with Crippen molar-refractivity contribution in [3.05, 3.63) is 36.5 Å². The van der Waals surface area contributed by atoms with Gasteiger partial charge in [0.25, 0.3) is 0 Å². The highest BCUT2D eigenvalue weighted by atomic mass is 32.1. The lowest BCUT2D eigenvalue weighted by molar-refractivity contribution is -0.274. The minimum absolute atomic E-state index is 0.314. The van der Waals surface area contributed by atoms with Crippen molar-refractivity contribution in [3.63, 3.8) is 0 Å². The molecule has 0 spiro atoms. The molecule has 0 saturated carbocycles. The van der Waals surface area contributed by atoms with E-state index in [1.807, 2.05) is 0 Å². The Bertz CT molecular complexity index is 1100. The number of aromatic nitrogens is 2. The lowest BCUT2D eigenvalue weighted by Gasteiger charge is -2.29. The number of nitrogens with zero attached hydrogens (tertiary/aromatic N) is 4. The fourth-order valence-corrected chi connectivity index (χ4v) is 4.04. The van der Waals surface area contributed by atoms with Crippen LogP contribution < -0.4 is 20.7 Å². The summed E-state index contributed by atoms with van der Waals surface area (Å²) in [5.41, 5.74) is 6.72. The van der Waals surface area contributed by atoms with Crippen molar-refractivity contribution in [2.45, 2.75) is 6.36 Å². The Balaban J connectivity index is 1.51. The molecule has 1 aromatic carbocycles. The van der Waals surface area contributed by atoms with Crippen LogP contribution in [0.1, 0.15) is 0 Å². The molecule has 1 aliphatic heterocycles. The summed E-state index contributed by atoms with van der Waals surface area (Å²) in [7, 11) is 0. The number of fused-ring (bicyclic) bond motifs is 1. The van der Waals surface area contributed by atoms with Gasteiger partial charge in [-0.15, -0.1) is 13.2 Å². The molecule has 3 N–H and O–H groups in total. The summed E-state index contributed by atoms with van der Waals surface area (Å²) < 4.78 is 47.1. The average Bonchev–Trinajstić information content (AvgIpc) is 3.14. The highest BCUT2D eigenvalue weighted by Gasteiger charge is 2.31. The molecule has 3 heterocycles. The Hall–Kier alpha value is -3.16. The number of thiazole rings is 1. The van der Waals surface area contributed by atoms with E-state index in [-0.39, 0.29) is 5.75 Å². The number of nitrogens with one attached hydrogen (secondary N) is 1. The van der Waals surface area contributed by atoms with Crippen LogP contribution in [0.2, 0.25) is 0 Å². The van der Waals surface area contributed by atoms with Crippen LogP contribution >= 0.6 is 11.3 Å². The maximum atomic E-state index is 13.1. The van der Waals surface area contributed by atoms with Gasteiger partial charge in [-0.3, -0.25) is 9.80 Å². The number of carbonyl (C=O) groups excluding carboxylic acids is 1. The van der Waals surface area contributed by atoms with E-state index in [1.54, 1.807) is 12.3 Å². The zero-order chi connectivity index (χ0) is 23.4. The topological polar surface area (TPSA) is 106 Å². The molecule has 0 radical (unpaired) electrons. The second-order valence-corrected chi connectivity index (χ2v) is 8.23. The number of benzene rings is 1. The Morgan fingerprint density at radius 2 is 2.00 bits per heavy atom. The van der Waals surface area contributed by atoms with Gasteiger partial charge in [0, 0.05) is 37.9 Å². The highest BCUT2D eigenvalue weighted by molar-refractivity contribution is 7.22. The minimum atomic E-state index is -4.79. The predicted octanol–water partition coefficient (Wildman–Crippen LogP) is 3.54. The van der Waals surface area contributed by atoms with Crippen molar-refractivity contribution in [2.24, 2.45) is 0 Å². The standard InChI is InChI=1S/C20H21F3N6O3S/c21-20(22,23)32-14-3-1-13(2-4-14)26-19(30)29(6-5-28-7-9-31-10-8-28)17-11-16-15(12-25-17)27-18(24)33-16/h1-4,11-12H,5-10H2,(H2,24,27)(H,26,30). The molecule has 1 saturated heterocycles. The molecule has 33 heavy (non-hydrogen) atoms. The monoisotopic (exact) mass is 482 g/mol. The summed E-state index contributed by atoms with van der Waals surface area (Å²) in [5.74, 6) is 0.0357. The molecule has 9 nitrogen and oxygen atoms in total. The van der Waals surface area contributed by atoms with Crippen LogP contribution in [0.5, 0.6) is 5.75 Å². The fourth-order valence-electron chi connectivity index (χ4n) is 3.30. The largest absolute Gasteiger partial charge is 0.573 e. The first-order valence-corrected chi connectivity index (χ1v) is 10.8. The Morgan fingerprint density at radius 1 is 1.27 bits per heavy atom. The van der Waals surface area contributed by atoms with Crippen molar-refractivity contribution in [1.29, 1.82) is 0 Å². The molecular formula is C20H21F3N6O3S. The molecule has 13 heteroatoms. The number of halogens is 3. The number of ether oxygens (including phenoxy) is 2. The third-order valence-corrected chi connectivity index (χ3v) is 5.73. The van der Waals surface area contributed by atoms with Crippen LogP contribution in [-0.4, -0.2) is 66.7 Å². The summed E-state index contributed by atoms with van der Waals surface area (Å²) in [6.45, 7) is 3.71. The zero-order valence-corrected chi connectivity index (χ0v) is 18.2. The van der Waals surface area contributed by atoms with Crippen LogP contribution in [0.25, 0.3) is 10.2 Å². The molecule has 0 atom stereocenters. The van der Waals surface area contributed by atoms with E-state index >= 15 is 0 Å². The first kappa shape index (κ1) is 23.0. The first-order chi connectivity index (χ1) is 15.8. The average molecular weight is 482 g/mol. The van der Waals surface area contributed by atoms with E-state index in [4.69, 9.17) is 10.5 Å². The summed E-state index contributed by atoms with van der Waals surface area (Å²) in [6, 6.07) is 6.19. The lowest BCUT2D eigenvalue weighted by atomic mass is 10.3. The van der Waals surface area contributed by atoms with E-state index in [9.17, 15) is 18.0 Å². The number of anilines is 3. The molecule has 0 aliphatic carbocycles. The van der Waals surface area contributed by atoms with Gasteiger partial charge in [-0.1, -0.05) is 11.3 Å². The van der Waals surface area contributed by atoms with Gasteiger partial charge in [0.15, 0.2) is 5.13 Å². The number of nitrogen functional groups attached to an aromatic ring is 1.